The molecule has 0 saturated heterocycles. The molecule has 1 aromatic heterocycles. The number of nitrogens with two attached hydrogens (primary N) is 1. The van der Waals surface area contributed by atoms with E-state index in [1.807, 2.05) is 0 Å². The lowest BCUT2D eigenvalue weighted by Crippen LogP contribution is -2.33. The van der Waals surface area contributed by atoms with Crippen molar-refractivity contribution in [3.63, 3.8) is 0 Å². The lowest BCUT2D eigenvalue weighted by Gasteiger charge is -2.25. The van der Waals surface area contributed by atoms with E-state index in [4.69, 9.17) is 10.3 Å². The van der Waals surface area contributed by atoms with Crippen molar-refractivity contribution >= 4 is 5.91 Å². The van der Waals surface area contributed by atoms with Gasteiger partial charge >= 0.3 is 0 Å². The van der Waals surface area contributed by atoms with Gasteiger partial charge in [-0.25, -0.2) is 5.84 Å². The Hall–Kier alpha value is -1.33. The van der Waals surface area contributed by atoms with Crippen LogP contribution in [0.15, 0.2) is 16.7 Å². The molecule has 1 rings (SSSR count). The lowest BCUT2D eigenvalue weighted by molar-refractivity contribution is 0.0948. The molecule has 0 aliphatic carbocycles. The number of hydrazine groups is 1. The van der Waals surface area contributed by atoms with Gasteiger partial charge in [0.05, 0.1) is 18.4 Å². The number of furan rings is 1. The maximum Gasteiger partial charge on any atom is 0.268 e. The molecule has 1 heterocycles. The summed E-state index contributed by atoms with van der Waals surface area (Å²) in [6, 6.07) is 2.05. The summed E-state index contributed by atoms with van der Waals surface area (Å²) < 4.78 is 5.36. The molecule has 0 fully saturated rings. The van der Waals surface area contributed by atoms with E-state index in [1.54, 1.807) is 6.07 Å². The average Bonchev–Trinajstić information content (AvgIpc) is 2.75. The summed E-state index contributed by atoms with van der Waals surface area (Å²) in [5.41, 5.74) is 2.63. The van der Waals surface area contributed by atoms with Crippen LogP contribution in [0.3, 0.4) is 0 Å². The number of carbonyl (C=O) groups is 1. The molecule has 5 heteroatoms. The van der Waals surface area contributed by atoms with E-state index in [2.05, 4.69) is 31.1 Å². The smallest absolute Gasteiger partial charge is 0.268 e. The van der Waals surface area contributed by atoms with Crippen LogP contribution in [0.1, 0.15) is 43.3 Å². The minimum Gasteiger partial charge on any atom is -0.467 e. The molecular formula is C12H21N3O2. The van der Waals surface area contributed by atoms with Gasteiger partial charge in [0.1, 0.15) is 5.76 Å². The number of carbonyl (C=O) groups excluding carboxylic acids is 1. The fourth-order valence-corrected chi connectivity index (χ4v) is 1.73. The van der Waals surface area contributed by atoms with Crippen LogP contribution in [0, 0.1) is 0 Å². The van der Waals surface area contributed by atoms with Crippen molar-refractivity contribution in [2.24, 2.45) is 5.84 Å². The van der Waals surface area contributed by atoms with E-state index in [9.17, 15) is 4.79 Å². The molecule has 96 valence electrons. The molecule has 0 aliphatic heterocycles. The minimum atomic E-state index is -0.311. The van der Waals surface area contributed by atoms with E-state index in [0.717, 1.165) is 13.0 Å². The van der Waals surface area contributed by atoms with Crippen LogP contribution in [-0.2, 0) is 6.54 Å². The number of nitrogens with one attached hydrogen (secondary N) is 1. The Morgan fingerprint density at radius 1 is 1.59 bits per heavy atom. The highest BCUT2D eigenvalue weighted by atomic mass is 16.3. The van der Waals surface area contributed by atoms with Crippen molar-refractivity contribution in [1.29, 1.82) is 0 Å². The maximum atomic E-state index is 11.5. The average molecular weight is 239 g/mol. The predicted molar refractivity (Wildman–Crippen MR) is 66.2 cm³/mol. The summed E-state index contributed by atoms with van der Waals surface area (Å²) in [7, 11) is 0. The standard InChI is InChI=1S/C12H21N3O2/c1-4-6-15(9(2)3)8-11-10(5-7-17-11)12(16)14-13/h5,7,9H,4,6,8,13H2,1-3H3,(H,14,16). The number of amides is 1. The van der Waals surface area contributed by atoms with Gasteiger partial charge < -0.3 is 4.42 Å². The second kappa shape index (κ2) is 6.42. The Morgan fingerprint density at radius 3 is 2.82 bits per heavy atom. The van der Waals surface area contributed by atoms with E-state index < -0.39 is 0 Å². The van der Waals surface area contributed by atoms with Gasteiger partial charge in [-0.3, -0.25) is 15.1 Å². The highest BCUT2D eigenvalue weighted by Crippen LogP contribution is 2.15. The van der Waals surface area contributed by atoms with E-state index in [0.29, 0.717) is 23.9 Å². The summed E-state index contributed by atoms with van der Waals surface area (Å²) in [5, 5.41) is 0. The first kappa shape index (κ1) is 13.7. The molecule has 0 aliphatic rings. The molecule has 0 spiro atoms. The zero-order valence-corrected chi connectivity index (χ0v) is 10.7. The number of rotatable bonds is 6. The van der Waals surface area contributed by atoms with Gasteiger partial charge in [-0.05, 0) is 32.9 Å². The van der Waals surface area contributed by atoms with Crippen LogP contribution in [0.5, 0.6) is 0 Å². The molecule has 3 N–H and O–H groups in total. The first-order valence-corrected chi connectivity index (χ1v) is 5.91. The fourth-order valence-electron chi connectivity index (χ4n) is 1.73. The van der Waals surface area contributed by atoms with Crippen molar-refractivity contribution in [2.75, 3.05) is 6.54 Å². The van der Waals surface area contributed by atoms with E-state index >= 15 is 0 Å². The zero-order valence-electron chi connectivity index (χ0n) is 10.7. The van der Waals surface area contributed by atoms with Crippen LogP contribution < -0.4 is 11.3 Å². The SMILES string of the molecule is CCCN(Cc1occc1C(=O)NN)C(C)C. The fraction of sp³-hybridized carbons (Fsp3) is 0.583. The largest absolute Gasteiger partial charge is 0.467 e. The van der Waals surface area contributed by atoms with E-state index in [1.165, 1.54) is 6.26 Å². The van der Waals surface area contributed by atoms with Crippen molar-refractivity contribution in [3.8, 4) is 0 Å². The third-order valence-corrected chi connectivity index (χ3v) is 2.71. The van der Waals surface area contributed by atoms with Gasteiger partial charge in [0.15, 0.2) is 0 Å². The Kier molecular flexibility index (Phi) is 5.18. The van der Waals surface area contributed by atoms with Crippen molar-refractivity contribution in [2.45, 2.75) is 39.8 Å². The van der Waals surface area contributed by atoms with Gasteiger partial charge in [-0.2, -0.15) is 0 Å². The topological polar surface area (TPSA) is 71.5 Å². The number of hydrogen-bond acceptors (Lipinski definition) is 4. The molecule has 17 heavy (non-hydrogen) atoms. The van der Waals surface area contributed by atoms with Crippen LogP contribution in [-0.4, -0.2) is 23.4 Å². The van der Waals surface area contributed by atoms with Gasteiger partial charge in [0.2, 0.25) is 0 Å². The van der Waals surface area contributed by atoms with Crippen LogP contribution >= 0.6 is 0 Å². The highest BCUT2D eigenvalue weighted by molar-refractivity contribution is 5.94. The van der Waals surface area contributed by atoms with Gasteiger partial charge in [-0.15, -0.1) is 0 Å². The summed E-state index contributed by atoms with van der Waals surface area (Å²) in [6.07, 6.45) is 2.58. The first-order chi connectivity index (χ1) is 8.10. The minimum absolute atomic E-state index is 0.311. The second-order valence-electron chi connectivity index (χ2n) is 4.30. The summed E-state index contributed by atoms with van der Waals surface area (Å²) in [6.45, 7) is 7.98. The molecule has 0 saturated carbocycles. The number of nitrogens with zero attached hydrogens (tertiary/aromatic N) is 1. The van der Waals surface area contributed by atoms with Crippen molar-refractivity contribution in [3.05, 3.63) is 23.7 Å². The highest BCUT2D eigenvalue weighted by Gasteiger charge is 2.17. The molecule has 0 aromatic carbocycles. The molecule has 0 bridgehead atoms. The maximum absolute atomic E-state index is 11.5. The van der Waals surface area contributed by atoms with Crippen molar-refractivity contribution in [1.82, 2.24) is 10.3 Å². The molecule has 0 radical (unpaired) electrons. The summed E-state index contributed by atoms with van der Waals surface area (Å²) in [5.74, 6) is 5.48. The Bertz CT molecular complexity index is 360. The van der Waals surface area contributed by atoms with Gasteiger partial charge in [0.25, 0.3) is 5.91 Å². The predicted octanol–water partition coefficient (Wildman–Crippen LogP) is 1.50. The van der Waals surface area contributed by atoms with Crippen LogP contribution in [0.4, 0.5) is 0 Å². The number of nitrogen functional groups attached to an aromatic ring is 1. The first-order valence-electron chi connectivity index (χ1n) is 5.91. The Labute approximate surface area is 102 Å². The third kappa shape index (κ3) is 3.57. The molecule has 0 unspecified atom stereocenters. The summed E-state index contributed by atoms with van der Waals surface area (Å²) in [4.78, 5) is 13.7. The lowest BCUT2D eigenvalue weighted by atomic mass is 10.2. The zero-order chi connectivity index (χ0) is 12.8. The van der Waals surface area contributed by atoms with Crippen molar-refractivity contribution < 1.29 is 9.21 Å². The molecular weight excluding hydrogens is 218 g/mol. The van der Waals surface area contributed by atoms with Crippen LogP contribution in [0.25, 0.3) is 0 Å². The third-order valence-electron chi connectivity index (χ3n) is 2.71. The molecule has 1 amide bonds. The molecule has 0 atom stereocenters. The normalized spacial score (nSPS) is 11.2. The summed E-state index contributed by atoms with van der Waals surface area (Å²) >= 11 is 0. The Balaban J connectivity index is 2.79. The van der Waals surface area contributed by atoms with Gasteiger partial charge in [-0.1, -0.05) is 6.92 Å². The van der Waals surface area contributed by atoms with Gasteiger partial charge in [0, 0.05) is 6.04 Å². The quantitative estimate of drug-likeness (QED) is 0.448. The van der Waals surface area contributed by atoms with Crippen LogP contribution in [0.2, 0.25) is 0 Å². The van der Waals surface area contributed by atoms with E-state index in [-0.39, 0.29) is 5.91 Å². The second-order valence-corrected chi connectivity index (χ2v) is 4.30. The monoisotopic (exact) mass is 239 g/mol. The Morgan fingerprint density at radius 2 is 2.29 bits per heavy atom. The number of hydrogen-bond donors (Lipinski definition) is 2. The molecule has 1 aromatic rings. The molecule has 5 nitrogen and oxygen atoms in total.